The molecule has 0 N–H and O–H groups in total. The molecule has 3 nitrogen and oxygen atoms in total. The van der Waals surface area contributed by atoms with Crippen LogP contribution in [0.5, 0.6) is 5.75 Å². The first kappa shape index (κ1) is 23.3. The van der Waals surface area contributed by atoms with Crippen LogP contribution in [-0.2, 0) is 4.74 Å². The van der Waals surface area contributed by atoms with Crippen LogP contribution >= 0.6 is 23.2 Å². The van der Waals surface area contributed by atoms with Gasteiger partial charge in [-0.2, -0.15) is 0 Å². The number of esters is 1. The molecule has 1 heterocycles. The predicted molar refractivity (Wildman–Crippen MR) is 127 cm³/mol. The van der Waals surface area contributed by atoms with Gasteiger partial charge in [0.2, 0.25) is 0 Å². The minimum absolute atomic E-state index is 0.343. The Morgan fingerprint density at radius 1 is 1.00 bits per heavy atom. The zero-order valence-corrected chi connectivity index (χ0v) is 20.2. The third-order valence-corrected chi connectivity index (χ3v) is 10.3. The fourth-order valence-corrected chi connectivity index (χ4v) is 8.02. The van der Waals surface area contributed by atoms with Crippen molar-refractivity contribution in [1.29, 1.82) is 0 Å². The lowest BCUT2D eigenvalue weighted by Gasteiger charge is -2.28. The second kappa shape index (κ2) is 11.9. The van der Waals surface area contributed by atoms with Gasteiger partial charge in [0.05, 0.1) is 15.6 Å². The van der Waals surface area contributed by atoms with Crippen molar-refractivity contribution < 1.29 is 14.3 Å². The molecule has 0 aromatic heterocycles. The summed E-state index contributed by atoms with van der Waals surface area (Å²) in [7, 11) is 1.24. The smallest absolute Gasteiger partial charge is 0.343 e. The van der Waals surface area contributed by atoms with E-state index in [-0.39, 0.29) is 0 Å². The summed E-state index contributed by atoms with van der Waals surface area (Å²) in [4.78, 5) is 12.3. The molecule has 1 aliphatic rings. The van der Waals surface area contributed by atoms with E-state index in [0.29, 0.717) is 27.3 Å². The molecule has 0 unspecified atom stereocenters. The Bertz CT molecular complexity index is 818. The average molecular weight is 465 g/mol. The molecule has 30 heavy (non-hydrogen) atoms. The molecule has 2 aromatic rings. The van der Waals surface area contributed by atoms with E-state index in [1.165, 1.54) is 61.9 Å². The normalized spacial score (nSPS) is 18.9. The van der Waals surface area contributed by atoms with Crippen molar-refractivity contribution in [3.8, 4) is 5.75 Å². The van der Waals surface area contributed by atoms with E-state index in [2.05, 4.69) is 12.1 Å². The molecule has 0 atom stereocenters. The van der Waals surface area contributed by atoms with Gasteiger partial charge in [-0.1, -0.05) is 66.3 Å². The Hall–Kier alpha value is -1.33. The molecule has 0 radical (unpaired) electrons. The summed E-state index contributed by atoms with van der Waals surface area (Å²) in [6.07, 6.45) is 6.49. The highest BCUT2D eigenvalue weighted by Crippen LogP contribution is 2.36. The van der Waals surface area contributed by atoms with Gasteiger partial charge >= 0.3 is 5.97 Å². The van der Waals surface area contributed by atoms with Gasteiger partial charge in [-0.25, -0.2) is 4.79 Å². The number of unbranched alkanes of at least 4 members (excludes halogenated alkanes) is 2. The lowest BCUT2D eigenvalue weighted by Crippen LogP contribution is -2.20. The van der Waals surface area contributed by atoms with Crippen molar-refractivity contribution in [1.82, 2.24) is 0 Å². The summed E-state index contributed by atoms with van der Waals surface area (Å²) in [6.45, 7) is 0.896. The molecule has 0 aliphatic carbocycles. The summed E-state index contributed by atoms with van der Waals surface area (Å²) >= 11 is 11.9. The zero-order valence-electron chi connectivity index (χ0n) is 17.5. The van der Waals surface area contributed by atoms with E-state index >= 15 is 0 Å². The highest BCUT2D eigenvalue weighted by molar-refractivity contribution is 6.59. The minimum atomic E-state index is -0.542. The maximum absolute atomic E-state index is 12.3. The van der Waals surface area contributed by atoms with Crippen LogP contribution in [0.4, 0.5) is 0 Å². The molecular weight excluding hydrogens is 435 g/mol. The molecule has 0 amide bonds. The maximum atomic E-state index is 12.3. The third-order valence-electron chi connectivity index (χ3n) is 6.02. The molecule has 162 valence electrons. The second-order valence-corrected chi connectivity index (χ2v) is 12.4. The van der Waals surface area contributed by atoms with Gasteiger partial charge in [-0.3, -0.25) is 0 Å². The van der Waals surface area contributed by atoms with Gasteiger partial charge < -0.3 is 9.47 Å². The van der Waals surface area contributed by atoms with Gasteiger partial charge in [0, 0.05) is 22.5 Å². The van der Waals surface area contributed by atoms with Crippen LogP contribution in [0.25, 0.3) is 0 Å². The van der Waals surface area contributed by atoms with E-state index in [1.54, 1.807) is 19.2 Å². The first-order valence-corrected chi connectivity index (χ1v) is 14.0. The second-order valence-electron chi connectivity index (χ2n) is 8.15. The number of benzene rings is 2. The number of hydrogen-bond acceptors (Lipinski definition) is 3. The molecular formula is C24H30Cl2O3Si. The number of carbonyl (C=O) groups is 1. The van der Waals surface area contributed by atoms with Crippen LogP contribution in [0, 0.1) is 0 Å². The van der Waals surface area contributed by atoms with E-state index in [4.69, 9.17) is 32.7 Å². The summed E-state index contributed by atoms with van der Waals surface area (Å²) in [5.74, 6) is 0.759. The molecule has 2 aromatic carbocycles. The first-order valence-electron chi connectivity index (χ1n) is 10.8. The molecule has 0 bridgehead atoms. The van der Waals surface area contributed by atoms with Crippen LogP contribution in [-0.4, -0.2) is 28.5 Å². The predicted octanol–water partition coefficient (Wildman–Crippen LogP) is 7.13. The topological polar surface area (TPSA) is 35.5 Å². The summed E-state index contributed by atoms with van der Waals surface area (Å²) in [5.41, 5.74) is 1.75. The Balaban J connectivity index is 1.45. The highest BCUT2D eigenvalue weighted by Gasteiger charge is 2.23. The number of rotatable bonds is 9. The van der Waals surface area contributed by atoms with Gasteiger partial charge in [0.25, 0.3) is 0 Å². The SMILES string of the molecule is COCCCCC[SiH]1CCC(c2ccc(OC(=O)c3ccc(Cl)c(Cl)c3)cc2)CC1. The minimum Gasteiger partial charge on any atom is -0.423 e. The number of halogens is 2. The van der Waals surface area contributed by atoms with Crippen molar-refractivity contribution >= 4 is 38.0 Å². The lowest BCUT2D eigenvalue weighted by molar-refractivity contribution is 0.0734. The Morgan fingerprint density at radius 2 is 1.73 bits per heavy atom. The number of hydrogen-bond donors (Lipinski definition) is 0. The maximum Gasteiger partial charge on any atom is 0.343 e. The molecule has 6 heteroatoms. The van der Waals surface area contributed by atoms with Crippen molar-refractivity contribution in [2.24, 2.45) is 0 Å². The van der Waals surface area contributed by atoms with Crippen molar-refractivity contribution in [2.75, 3.05) is 13.7 Å². The van der Waals surface area contributed by atoms with Crippen molar-refractivity contribution in [2.45, 2.75) is 56.2 Å². The van der Waals surface area contributed by atoms with Crippen molar-refractivity contribution in [3.05, 3.63) is 63.6 Å². The van der Waals surface area contributed by atoms with Crippen molar-refractivity contribution in [3.63, 3.8) is 0 Å². The van der Waals surface area contributed by atoms with Crippen LogP contribution in [0.1, 0.15) is 53.9 Å². The summed E-state index contributed by atoms with van der Waals surface area (Å²) in [5, 5.41) is 0.761. The average Bonchev–Trinajstić information content (AvgIpc) is 2.76. The monoisotopic (exact) mass is 464 g/mol. The molecule has 0 spiro atoms. The van der Waals surface area contributed by atoms with E-state index in [0.717, 1.165) is 6.61 Å². The molecule has 3 rings (SSSR count). The number of carbonyl (C=O) groups excluding carboxylic acids is 1. The van der Waals surface area contributed by atoms with Gasteiger partial charge in [0.15, 0.2) is 0 Å². The van der Waals surface area contributed by atoms with Crippen LogP contribution in [0.2, 0.25) is 28.2 Å². The summed E-state index contributed by atoms with van der Waals surface area (Å²) in [6, 6.07) is 17.1. The molecule has 1 fully saturated rings. The quantitative estimate of drug-likeness (QED) is 0.171. The largest absolute Gasteiger partial charge is 0.423 e. The fraction of sp³-hybridized carbons (Fsp3) is 0.458. The lowest BCUT2D eigenvalue weighted by atomic mass is 9.93. The highest BCUT2D eigenvalue weighted by atomic mass is 35.5. The molecule has 1 aliphatic heterocycles. The third kappa shape index (κ3) is 6.84. The van der Waals surface area contributed by atoms with Gasteiger partial charge in [0.1, 0.15) is 5.75 Å². The number of ether oxygens (including phenoxy) is 2. The van der Waals surface area contributed by atoms with E-state index in [9.17, 15) is 4.79 Å². The molecule has 1 saturated heterocycles. The van der Waals surface area contributed by atoms with E-state index in [1.807, 2.05) is 12.1 Å². The van der Waals surface area contributed by atoms with Gasteiger partial charge in [-0.15, -0.1) is 0 Å². The standard InChI is InChI=1S/C24H30Cl2O3Si/c1-28-13-3-2-4-14-30-15-11-19(12-16-30)18-5-8-21(9-6-18)29-24(27)20-7-10-22(25)23(26)17-20/h5-10,17,19,30H,2-4,11-16H2,1H3. The first-order chi connectivity index (χ1) is 14.6. The van der Waals surface area contributed by atoms with Crippen LogP contribution < -0.4 is 4.74 Å². The summed E-state index contributed by atoms with van der Waals surface area (Å²) < 4.78 is 10.6. The fourth-order valence-electron chi connectivity index (χ4n) is 4.24. The Morgan fingerprint density at radius 3 is 2.40 bits per heavy atom. The van der Waals surface area contributed by atoms with Crippen LogP contribution in [0.3, 0.4) is 0 Å². The van der Waals surface area contributed by atoms with E-state index < -0.39 is 14.8 Å². The number of methoxy groups -OCH3 is 1. The Labute approximate surface area is 191 Å². The van der Waals surface area contributed by atoms with Crippen LogP contribution in [0.15, 0.2) is 42.5 Å². The zero-order chi connectivity index (χ0) is 21.3. The molecule has 0 saturated carbocycles. The Kier molecular flexibility index (Phi) is 9.25. The van der Waals surface area contributed by atoms with Gasteiger partial charge in [-0.05, 0) is 61.1 Å².